The Hall–Kier alpha value is -7.89. The molecule has 4 aromatic rings. The minimum absolute atomic E-state index is 0.00296. The third-order valence-corrected chi connectivity index (χ3v) is 14.2. The number of ether oxygens (including phenoxy) is 2. The van der Waals surface area contributed by atoms with Gasteiger partial charge in [-0.25, -0.2) is 14.2 Å². The third kappa shape index (κ3) is 11.6. The average molecular weight is 1070 g/mol. The summed E-state index contributed by atoms with van der Waals surface area (Å²) in [5.74, 6) is -6.12. The molecule has 0 saturated heterocycles. The fraction of sp³-hybridized carbons (Fsp3) is 0.404. The van der Waals surface area contributed by atoms with E-state index in [1.165, 1.54) is 35.8 Å². The Balaban J connectivity index is 0.819. The highest BCUT2D eigenvalue weighted by Crippen LogP contribution is 2.47. The normalized spacial score (nSPS) is 17.7. The monoisotopic (exact) mass is 1070 g/mol. The largest absolute Gasteiger partial charge is 0.458 e. The van der Waals surface area contributed by atoms with Gasteiger partial charge in [-0.15, -0.1) is 0 Å². The molecule has 8 amide bonds. The summed E-state index contributed by atoms with van der Waals surface area (Å²) in [7, 11) is 0. The van der Waals surface area contributed by atoms with Crippen LogP contribution < -0.4 is 37.5 Å². The predicted molar refractivity (Wildman–Crippen MR) is 268 cm³/mol. The highest BCUT2D eigenvalue weighted by molar-refractivity contribution is 6.32. The van der Waals surface area contributed by atoms with Gasteiger partial charge in [0.15, 0.2) is 5.60 Å². The number of unbranched alkanes of at least 4 members (excludes halogenated alkanes) is 2. The Kier molecular flexibility index (Phi) is 16.7. The van der Waals surface area contributed by atoms with Crippen LogP contribution in [0.2, 0.25) is 5.02 Å². The average Bonchev–Trinajstić information content (AvgIpc) is 4.12. The van der Waals surface area contributed by atoms with Crippen LogP contribution in [-0.2, 0) is 84.2 Å². The topological polar surface area (TPSA) is 303 Å². The zero-order valence-electron chi connectivity index (χ0n) is 41.5. The van der Waals surface area contributed by atoms with Crippen molar-refractivity contribution in [2.75, 3.05) is 32.9 Å². The zero-order chi connectivity index (χ0) is 54.4. The number of fused-ring (bicyclic) bond motifs is 5. The SMILES string of the molecule is CC[C@@]1(O)C(=O)OCc2c1cc1n(c2=O)Cc2c-1nc1cc(F)c(Cl)c3c1c2[C@@H](NC(=O)[C@H](C)OCNC(=O)CNC(=O)[C@H](Cc1ccccc1)NC(=O)CNC(=O)CNC(=O)CCCCCN1C(=O)C=CC1=O)CC3. The highest BCUT2D eigenvalue weighted by atomic mass is 35.5. The Morgan fingerprint density at radius 3 is 2.32 bits per heavy atom. The second kappa shape index (κ2) is 23.3. The maximum absolute atomic E-state index is 15.3. The van der Waals surface area contributed by atoms with Crippen LogP contribution >= 0.6 is 11.6 Å². The van der Waals surface area contributed by atoms with E-state index in [-0.39, 0.29) is 85.3 Å². The maximum atomic E-state index is 15.3. The second-order valence-electron chi connectivity index (χ2n) is 18.7. The fourth-order valence-electron chi connectivity index (χ4n) is 9.66. The lowest BCUT2D eigenvalue weighted by Crippen LogP contribution is -2.52. The molecule has 0 spiro atoms. The van der Waals surface area contributed by atoms with Gasteiger partial charge in [-0.1, -0.05) is 55.3 Å². The maximum Gasteiger partial charge on any atom is 0.343 e. The number of esters is 1. The van der Waals surface area contributed by atoms with Crippen molar-refractivity contribution in [3.05, 3.63) is 109 Å². The van der Waals surface area contributed by atoms with Crippen molar-refractivity contribution < 1.29 is 62.1 Å². The second-order valence-corrected chi connectivity index (χ2v) is 19.1. The van der Waals surface area contributed by atoms with E-state index >= 15 is 4.39 Å². The van der Waals surface area contributed by atoms with Crippen LogP contribution in [0.5, 0.6) is 0 Å². The van der Waals surface area contributed by atoms with Crippen LogP contribution in [0.15, 0.2) is 59.4 Å². The van der Waals surface area contributed by atoms with E-state index in [4.69, 9.17) is 26.1 Å². The number of imide groups is 1. The lowest BCUT2D eigenvalue weighted by molar-refractivity contribution is -0.172. The number of rotatable bonds is 22. The van der Waals surface area contributed by atoms with E-state index in [0.717, 1.165) is 4.90 Å². The molecule has 7 N–H and O–H groups in total. The first-order chi connectivity index (χ1) is 36.4. The summed E-state index contributed by atoms with van der Waals surface area (Å²) < 4.78 is 27.6. The summed E-state index contributed by atoms with van der Waals surface area (Å²) in [6.45, 7) is 1.02. The molecule has 5 heterocycles. The number of carbonyl (C=O) groups excluding carboxylic acids is 9. The van der Waals surface area contributed by atoms with Crippen molar-refractivity contribution in [1.29, 1.82) is 0 Å². The summed E-state index contributed by atoms with van der Waals surface area (Å²) >= 11 is 6.51. The predicted octanol–water partition coefficient (Wildman–Crippen LogP) is 1.02. The first-order valence-corrected chi connectivity index (χ1v) is 25.1. The van der Waals surface area contributed by atoms with Crippen LogP contribution in [-0.4, -0.2) is 118 Å². The fourth-order valence-corrected chi connectivity index (χ4v) is 9.90. The Morgan fingerprint density at radius 1 is 0.882 bits per heavy atom. The molecule has 0 radical (unpaired) electrons. The van der Waals surface area contributed by atoms with Crippen molar-refractivity contribution in [2.24, 2.45) is 0 Å². The van der Waals surface area contributed by atoms with Gasteiger partial charge in [0.1, 0.15) is 31.3 Å². The van der Waals surface area contributed by atoms with Gasteiger partial charge in [0.05, 0.1) is 59.7 Å². The van der Waals surface area contributed by atoms with E-state index in [1.807, 2.05) is 0 Å². The number of benzene rings is 2. The molecule has 2 aromatic carbocycles. The number of aromatic nitrogens is 2. The molecular weight excluding hydrogens is 1010 g/mol. The quantitative estimate of drug-likeness (QED) is 0.0221. The number of nitrogens with one attached hydrogen (secondary N) is 6. The number of aliphatic hydroxyl groups is 1. The minimum atomic E-state index is -2.07. The molecule has 4 aliphatic rings. The number of amides is 8. The number of nitrogens with zero attached hydrogens (tertiary/aromatic N) is 3. The highest BCUT2D eigenvalue weighted by Gasteiger charge is 2.46. The Labute approximate surface area is 438 Å². The molecule has 3 aliphatic heterocycles. The Bertz CT molecular complexity index is 3130. The van der Waals surface area contributed by atoms with Crippen molar-refractivity contribution in [3.8, 4) is 11.4 Å². The number of halogens is 2. The van der Waals surface area contributed by atoms with Crippen LogP contribution in [0, 0.1) is 5.82 Å². The van der Waals surface area contributed by atoms with Crippen LogP contribution in [0.1, 0.15) is 91.8 Å². The standard InChI is InChI=1S/C52H55ClFN9O13/c1-3-52(74)32-19-37-47-30(24-63(37)50(72)31(32)25-75-51(52)73)45-34(14-13-29-44(45)35(60-47)20-33(54)46(29)53)61-48(70)27(2)76-26-58-40(66)22-57-49(71)36(18-28-10-6-4-7-11-28)59-41(67)23-56-39(65)21-55-38(64)12-8-5-9-17-62-42(68)15-16-43(62)69/h4,6-7,10-11,15-16,19-20,27,34,36,74H,3,5,8-9,12-14,17-18,21-26H2,1-2H3,(H,55,64)(H,56,65)(H,57,71)(H,58,66)(H,59,67)(H,61,70)/t27-,34-,36-,52-/m0/s1. The summed E-state index contributed by atoms with van der Waals surface area (Å²) in [5.41, 5.74) is 0.751. The van der Waals surface area contributed by atoms with Gasteiger partial charge in [-0.3, -0.25) is 48.1 Å². The lowest BCUT2D eigenvalue weighted by atomic mass is 9.83. The van der Waals surface area contributed by atoms with E-state index in [2.05, 4.69) is 31.9 Å². The van der Waals surface area contributed by atoms with Gasteiger partial charge in [0, 0.05) is 54.1 Å². The first kappa shape index (κ1) is 54.4. The Morgan fingerprint density at radius 2 is 1.58 bits per heavy atom. The van der Waals surface area contributed by atoms with Gasteiger partial charge in [0.2, 0.25) is 35.4 Å². The molecule has 2 aromatic heterocycles. The van der Waals surface area contributed by atoms with Gasteiger partial charge >= 0.3 is 5.97 Å². The molecule has 4 atom stereocenters. The van der Waals surface area contributed by atoms with E-state index < -0.39 is 103 Å². The van der Waals surface area contributed by atoms with E-state index in [1.54, 1.807) is 37.3 Å². The van der Waals surface area contributed by atoms with Crippen molar-refractivity contribution in [1.82, 2.24) is 46.4 Å². The van der Waals surface area contributed by atoms with Crippen molar-refractivity contribution in [2.45, 2.75) is 102 Å². The molecule has 22 nitrogen and oxygen atoms in total. The zero-order valence-corrected chi connectivity index (χ0v) is 42.2. The van der Waals surface area contributed by atoms with Crippen LogP contribution in [0.3, 0.4) is 0 Å². The molecule has 0 bridgehead atoms. The van der Waals surface area contributed by atoms with Crippen molar-refractivity contribution >= 4 is 75.7 Å². The smallest absolute Gasteiger partial charge is 0.343 e. The first-order valence-electron chi connectivity index (χ1n) is 24.8. The molecule has 0 fully saturated rings. The molecule has 0 saturated carbocycles. The van der Waals surface area contributed by atoms with Gasteiger partial charge in [-0.05, 0) is 61.8 Å². The summed E-state index contributed by atoms with van der Waals surface area (Å²) in [6.07, 6.45) is 3.41. The van der Waals surface area contributed by atoms with Crippen LogP contribution in [0.25, 0.3) is 22.3 Å². The third-order valence-electron chi connectivity index (χ3n) is 13.8. The number of hydrogen-bond donors (Lipinski definition) is 7. The number of pyridine rings is 2. The molecule has 24 heteroatoms. The van der Waals surface area contributed by atoms with E-state index in [0.29, 0.717) is 58.3 Å². The molecule has 1 aliphatic carbocycles. The molecule has 76 heavy (non-hydrogen) atoms. The number of cyclic esters (lactones) is 1. The molecular formula is C52H55ClFN9O13. The van der Waals surface area contributed by atoms with Crippen molar-refractivity contribution in [3.63, 3.8) is 0 Å². The van der Waals surface area contributed by atoms with Gasteiger partial charge in [-0.2, -0.15) is 0 Å². The summed E-state index contributed by atoms with van der Waals surface area (Å²) in [4.78, 5) is 134. The van der Waals surface area contributed by atoms with Crippen LogP contribution in [0.4, 0.5) is 4.39 Å². The number of aryl methyl sites for hydroxylation is 1. The summed E-state index contributed by atoms with van der Waals surface area (Å²) in [6, 6.07) is 9.57. The van der Waals surface area contributed by atoms with Gasteiger partial charge < -0.3 is 51.0 Å². The lowest BCUT2D eigenvalue weighted by Gasteiger charge is -2.31. The molecule has 0 unspecified atom stereocenters. The summed E-state index contributed by atoms with van der Waals surface area (Å²) in [5, 5.41) is 27.2. The van der Waals surface area contributed by atoms with E-state index in [9.17, 15) is 53.1 Å². The molecule has 400 valence electrons. The number of hydrogen-bond acceptors (Lipinski definition) is 14. The molecule has 8 rings (SSSR count). The number of carbonyl (C=O) groups is 9. The minimum Gasteiger partial charge on any atom is -0.458 e. The van der Waals surface area contributed by atoms with Gasteiger partial charge in [0.25, 0.3) is 17.4 Å².